The molecule has 3 heteroatoms. The maximum absolute atomic E-state index is 3.79. The number of nitrogens with one attached hydrogen (secondary N) is 1. The van der Waals surface area contributed by atoms with Gasteiger partial charge in [-0.25, -0.2) is 0 Å². The molecule has 0 amide bonds. The average Bonchev–Trinajstić information content (AvgIpc) is 2.60. The molecule has 3 nitrogen and oxygen atoms in total. The van der Waals surface area contributed by atoms with Crippen molar-refractivity contribution in [1.29, 1.82) is 0 Å². The fourth-order valence-corrected chi connectivity index (χ4v) is 3.23. The molecule has 1 aliphatic carbocycles. The highest BCUT2D eigenvalue weighted by atomic mass is 15.3. The first kappa shape index (κ1) is 13.3. The number of rotatable bonds is 3. The molecule has 1 aliphatic heterocycles. The molecule has 2 unspecified atom stereocenters. The predicted molar refractivity (Wildman–Crippen MR) is 73.3 cm³/mol. The van der Waals surface area contributed by atoms with Crippen LogP contribution in [0.4, 0.5) is 0 Å². The van der Waals surface area contributed by atoms with Crippen LogP contribution >= 0.6 is 0 Å². The van der Waals surface area contributed by atoms with Gasteiger partial charge in [0.15, 0.2) is 0 Å². The molecule has 0 aromatic heterocycles. The van der Waals surface area contributed by atoms with Crippen LogP contribution in [0, 0.1) is 5.41 Å². The lowest BCUT2D eigenvalue weighted by Crippen LogP contribution is -2.54. The molecule has 1 N–H and O–H groups in total. The molecule has 1 saturated carbocycles. The van der Waals surface area contributed by atoms with Crippen molar-refractivity contribution in [3.8, 4) is 0 Å². The van der Waals surface area contributed by atoms with Gasteiger partial charge >= 0.3 is 0 Å². The van der Waals surface area contributed by atoms with E-state index in [9.17, 15) is 0 Å². The number of likely N-dealkylation sites (N-methyl/N-ethyl adjacent to an activating group) is 2. The molecule has 17 heavy (non-hydrogen) atoms. The smallest absolute Gasteiger partial charge is 0.0345 e. The van der Waals surface area contributed by atoms with Gasteiger partial charge in [0.25, 0.3) is 0 Å². The first-order chi connectivity index (χ1) is 7.96. The van der Waals surface area contributed by atoms with E-state index in [1.165, 1.54) is 38.9 Å². The van der Waals surface area contributed by atoms with Gasteiger partial charge in [0.1, 0.15) is 0 Å². The second-order valence-corrected chi connectivity index (χ2v) is 6.91. The van der Waals surface area contributed by atoms with Crippen molar-refractivity contribution < 1.29 is 0 Å². The molecule has 0 radical (unpaired) electrons. The molecule has 2 atom stereocenters. The van der Waals surface area contributed by atoms with Gasteiger partial charge in [-0.1, -0.05) is 13.8 Å². The summed E-state index contributed by atoms with van der Waals surface area (Å²) in [6, 6.07) is 1.45. The quantitative estimate of drug-likeness (QED) is 0.803. The van der Waals surface area contributed by atoms with E-state index in [1.807, 2.05) is 0 Å². The Hall–Kier alpha value is -0.120. The van der Waals surface area contributed by atoms with E-state index in [2.05, 4.69) is 43.1 Å². The van der Waals surface area contributed by atoms with Crippen LogP contribution in [0.2, 0.25) is 0 Å². The molecule has 1 heterocycles. The summed E-state index contributed by atoms with van der Waals surface area (Å²) in [6.45, 7) is 9.58. The van der Waals surface area contributed by atoms with Crippen LogP contribution < -0.4 is 5.32 Å². The van der Waals surface area contributed by atoms with Crippen LogP contribution in [0.3, 0.4) is 0 Å². The van der Waals surface area contributed by atoms with Crippen molar-refractivity contribution in [2.45, 2.75) is 45.2 Å². The van der Waals surface area contributed by atoms with E-state index in [1.54, 1.807) is 0 Å². The third kappa shape index (κ3) is 3.67. The Bertz CT molecular complexity index is 252. The number of hydrogen-bond acceptors (Lipinski definition) is 3. The van der Waals surface area contributed by atoms with Crippen molar-refractivity contribution in [3.05, 3.63) is 0 Å². The molecule has 0 spiro atoms. The van der Waals surface area contributed by atoms with Crippen molar-refractivity contribution in [2.75, 3.05) is 40.3 Å². The van der Waals surface area contributed by atoms with E-state index in [-0.39, 0.29) is 0 Å². The van der Waals surface area contributed by atoms with Crippen LogP contribution in [0.5, 0.6) is 0 Å². The highest BCUT2D eigenvalue weighted by Gasteiger charge is 2.31. The van der Waals surface area contributed by atoms with Crippen LogP contribution in [-0.4, -0.2) is 62.2 Å². The molecule has 0 aromatic rings. The van der Waals surface area contributed by atoms with Crippen LogP contribution in [0.15, 0.2) is 0 Å². The molecular formula is C14H29N3. The number of hydrogen-bond donors (Lipinski definition) is 1. The van der Waals surface area contributed by atoms with Gasteiger partial charge in [-0.2, -0.15) is 0 Å². The second kappa shape index (κ2) is 5.25. The normalized spacial score (nSPS) is 35.3. The van der Waals surface area contributed by atoms with Gasteiger partial charge in [0.2, 0.25) is 0 Å². The van der Waals surface area contributed by atoms with Crippen LogP contribution in [0.25, 0.3) is 0 Å². The maximum Gasteiger partial charge on any atom is 0.0345 e. The summed E-state index contributed by atoms with van der Waals surface area (Å²) in [4.78, 5) is 4.96. The predicted octanol–water partition coefficient (Wildman–Crippen LogP) is 1.40. The van der Waals surface area contributed by atoms with Gasteiger partial charge in [0, 0.05) is 38.3 Å². The van der Waals surface area contributed by atoms with E-state index < -0.39 is 0 Å². The summed E-state index contributed by atoms with van der Waals surface area (Å²) in [6.07, 6.45) is 4.09. The van der Waals surface area contributed by atoms with Crippen LogP contribution in [-0.2, 0) is 0 Å². The van der Waals surface area contributed by atoms with Gasteiger partial charge < -0.3 is 10.2 Å². The average molecular weight is 239 g/mol. The zero-order valence-corrected chi connectivity index (χ0v) is 12.0. The zero-order valence-electron chi connectivity index (χ0n) is 12.0. The summed E-state index contributed by atoms with van der Waals surface area (Å²) < 4.78 is 0. The standard InChI is InChI=1S/C14H29N3/c1-14(2)6-5-12(9-14)15-10-13-11-16(3)7-8-17(13)4/h12-13,15H,5-11H2,1-4H3. The summed E-state index contributed by atoms with van der Waals surface area (Å²) in [5, 5.41) is 3.79. The Labute approximate surface area is 107 Å². The minimum absolute atomic E-state index is 0.562. The second-order valence-electron chi connectivity index (χ2n) is 6.91. The molecule has 100 valence electrons. The molecule has 0 bridgehead atoms. The lowest BCUT2D eigenvalue weighted by Gasteiger charge is -2.38. The van der Waals surface area contributed by atoms with Crippen LogP contribution in [0.1, 0.15) is 33.1 Å². The first-order valence-electron chi connectivity index (χ1n) is 7.08. The highest BCUT2D eigenvalue weighted by Crippen LogP contribution is 2.36. The minimum Gasteiger partial charge on any atom is -0.312 e. The molecule has 0 aromatic carbocycles. The Morgan fingerprint density at radius 2 is 2.00 bits per heavy atom. The van der Waals surface area contributed by atoms with Gasteiger partial charge in [-0.15, -0.1) is 0 Å². The van der Waals surface area contributed by atoms with Crippen molar-refractivity contribution in [1.82, 2.24) is 15.1 Å². The number of piperazine rings is 1. The molecule has 2 fully saturated rings. The summed E-state index contributed by atoms with van der Waals surface area (Å²) in [5.74, 6) is 0. The molecule has 1 saturated heterocycles. The maximum atomic E-state index is 3.79. The molecule has 2 aliphatic rings. The summed E-state index contributed by atoms with van der Waals surface area (Å²) >= 11 is 0. The van der Waals surface area contributed by atoms with E-state index in [0.29, 0.717) is 11.5 Å². The highest BCUT2D eigenvalue weighted by molar-refractivity contribution is 4.88. The lowest BCUT2D eigenvalue weighted by molar-refractivity contribution is 0.111. The summed E-state index contributed by atoms with van der Waals surface area (Å²) in [7, 11) is 4.50. The van der Waals surface area contributed by atoms with E-state index in [4.69, 9.17) is 0 Å². The van der Waals surface area contributed by atoms with Crippen molar-refractivity contribution in [3.63, 3.8) is 0 Å². The fraction of sp³-hybridized carbons (Fsp3) is 1.00. The van der Waals surface area contributed by atoms with Crippen molar-refractivity contribution in [2.24, 2.45) is 5.41 Å². The van der Waals surface area contributed by atoms with Crippen molar-refractivity contribution >= 4 is 0 Å². The number of nitrogens with zero attached hydrogens (tertiary/aromatic N) is 2. The van der Waals surface area contributed by atoms with Gasteiger partial charge in [-0.05, 0) is 38.8 Å². The fourth-order valence-electron chi connectivity index (χ4n) is 3.23. The van der Waals surface area contributed by atoms with Gasteiger partial charge in [-0.3, -0.25) is 4.90 Å². The largest absolute Gasteiger partial charge is 0.312 e. The third-order valence-corrected chi connectivity index (χ3v) is 4.59. The topological polar surface area (TPSA) is 18.5 Å². The lowest BCUT2D eigenvalue weighted by atomic mass is 9.92. The Kier molecular flexibility index (Phi) is 4.11. The van der Waals surface area contributed by atoms with Gasteiger partial charge in [0.05, 0.1) is 0 Å². The minimum atomic E-state index is 0.562. The first-order valence-corrected chi connectivity index (χ1v) is 7.08. The zero-order chi connectivity index (χ0) is 12.5. The Morgan fingerprint density at radius 1 is 1.24 bits per heavy atom. The molecular weight excluding hydrogens is 210 g/mol. The third-order valence-electron chi connectivity index (χ3n) is 4.59. The monoisotopic (exact) mass is 239 g/mol. The van der Waals surface area contributed by atoms with E-state index >= 15 is 0 Å². The molecule has 2 rings (SSSR count). The SMILES string of the molecule is CN1CCN(C)C(CNC2CCC(C)(C)C2)C1. The van der Waals surface area contributed by atoms with E-state index in [0.717, 1.165) is 12.6 Å². The Morgan fingerprint density at radius 3 is 2.65 bits per heavy atom. The Balaban J connectivity index is 1.74. The summed E-state index contributed by atoms with van der Waals surface area (Å²) in [5.41, 5.74) is 0.562.